The number of nitrogens with one attached hydrogen (secondary N) is 2. The molecule has 1 unspecified atom stereocenters. The zero-order valence-corrected chi connectivity index (χ0v) is 12.9. The highest BCUT2D eigenvalue weighted by Crippen LogP contribution is 2.24. The van der Waals surface area contributed by atoms with E-state index < -0.39 is 0 Å². The van der Waals surface area contributed by atoms with Gasteiger partial charge in [-0.25, -0.2) is 0 Å². The molecule has 0 bridgehead atoms. The Morgan fingerprint density at radius 3 is 3.00 bits per heavy atom. The molecule has 1 aliphatic heterocycles. The van der Waals surface area contributed by atoms with Crippen molar-refractivity contribution in [2.75, 3.05) is 31.6 Å². The largest absolute Gasteiger partial charge is 0.384 e. The van der Waals surface area contributed by atoms with E-state index in [1.54, 1.807) is 0 Å². The first-order valence-corrected chi connectivity index (χ1v) is 7.98. The fourth-order valence-corrected chi connectivity index (χ4v) is 2.51. The van der Waals surface area contributed by atoms with Gasteiger partial charge in [-0.2, -0.15) is 0 Å². The van der Waals surface area contributed by atoms with Crippen LogP contribution in [0.15, 0.2) is 24.3 Å². The van der Waals surface area contributed by atoms with Crippen molar-refractivity contribution in [1.82, 2.24) is 5.32 Å². The lowest BCUT2D eigenvalue weighted by Crippen LogP contribution is -2.38. The number of fused-ring (bicyclic) bond motifs is 1. The summed E-state index contributed by atoms with van der Waals surface area (Å²) in [5.41, 5.74) is 2.39. The summed E-state index contributed by atoms with van der Waals surface area (Å²) >= 11 is 0. The van der Waals surface area contributed by atoms with Crippen molar-refractivity contribution in [1.29, 1.82) is 0 Å². The van der Waals surface area contributed by atoms with E-state index in [1.807, 2.05) is 12.1 Å². The molecule has 1 aromatic rings. The Hall–Kier alpha value is -1.55. The van der Waals surface area contributed by atoms with Crippen LogP contribution in [0.3, 0.4) is 0 Å². The first kappa shape index (κ1) is 15.8. The third-order valence-corrected chi connectivity index (χ3v) is 3.80. The molecule has 1 aliphatic rings. The van der Waals surface area contributed by atoms with Crippen LogP contribution in [-0.4, -0.2) is 32.2 Å². The van der Waals surface area contributed by atoms with Gasteiger partial charge in [0.05, 0.1) is 5.92 Å². The van der Waals surface area contributed by atoms with Crippen molar-refractivity contribution >= 4 is 11.6 Å². The van der Waals surface area contributed by atoms with E-state index in [0.717, 1.165) is 51.1 Å². The zero-order chi connectivity index (χ0) is 14.9. The van der Waals surface area contributed by atoms with Gasteiger partial charge in [0.25, 0.3) is 0 Å². The Balaban J connectivity index is 1.64. The lowest BCUT2D eigenvalue weighted by molar-refractivity contribution is -0.124. The third-order valence-electron chi connectivity index (χ3n) is 3.80. The number of amides is 1. The summed E-state index contributed by atoms with van der Waals surface area (Å²) in [6, 6.07) is 8.19. The van der Waals surface area contributed by atoms with Gasteiger partial charge < -0.3 is 15.4 Å². The SMILES string of the molecule is CCCCOCCCNC(=O)C1CNc2ccccc2C1. The lowest BCUT2D eigenvalue weighted by Gasteiger charge is -2.25. The standard InChI is InChI=1S/C17H26N2O2/c1-2-3-10-21-11-6-9-18-17(20)15-12-14-7-4-5-8-16(14)19-13-15/h4-5,7-8,15,19H,2-3,6,9-13H2,1H3,(H,18,20). The molecular formula is C17H26N2O2. The van der Waals surface area contributed by atoms with Crippen molar-refractivity contribution in [2.45, 2.75) is 32.6 Å². The van der Waals surface area contributed by atoms with Crippen molar-refractivity contribution < 1.29 is 9.53 Å². The van der Waals surface area contributed by atoms with Crippen molar-refractivity contribution in [3.8, 4) is 0 Å². The van der Waals surface area contributed by atoms with Gasteiger partial charge in [-0.3, -0.25) is 4.79 Å². The van der Waals surface area contributed by atoms with Crippen LogP contribution in [0, 0.1) is 5.92 Å². The van der Waals surface area contributed by atoms with E-state index >= 15 is 0 Å². The van der Waals surface area contributed by atoms with E-state index in [1.165, 1.54) is 5.56 Å². The number of anilines is 1. The second kappa shape index (κ2) is 8.67. The summed E-state index contributed by atoms with van der Waals surface area (Å²) in [6.45, 7) is 5.12. The quantitative estimate of drug-likeness (QED) is 0.724. The molecule has 0 saturated carbocycles. The van der Waals surface area contributed by atoms with Gasteiger partial charge in [-0.1, -0.05) is 31.5 Å². The number of carbonyl (C=O) groups excluding carboxylic acids is 1. The lowest BCUT2D eigenvalue weighted by atomic mass is 9.93. The number of hydrogen-bond acceptors (Lipinski definition) is 3. The molecule has 0 spiro atoms. The van der Waals surface area contributed by atoms with Crippen molar-refractivity contribution in [3.63, 3.8) is 0 Å². The van der Waals surface area contributed by atoms with Crippen LogP contribution in [0.2, 0.25) is 0 Å². The molecule has 116 valence electrons. The fraction of sp³-hybridized carbons (Fsp3) is 0.588. The van der Waals surface area contributed by atoms with E-state index in [-0.39, 0.29) is 11.8 Å². The molecular weight excluding hydrogens is 264 g/mol. The zero-order valence-electron chi connectivity index (χ0n) is 12.9. The van der Waals surface area contributed by atoms with Gasteiger partial charge in [-0.05, 0) is 30.9 Å². The number of hydrogen-bond donors (Lipinski definition) is 2. The molecule has 1 heterocycles. The predicted octanol–water partition coefficient (Wildman–Crippen LogP) is 2.59. The van der Waals surface area contributed by atoms with Crippen LogP contribution in [-0.2, 0) is 16.0 Å². The second-order valence-corrected chi connectivity index (χ2v) is 5.55. The predicted molar refractivity (Wildman–Crippen MR) is 85.5 cm³/mol. The smallest absolute Gasteiger partial charge is 0.225 e. The van der Waals surface area contributed by atoms with Gasteiger partial charge in [0.1, 0.15) is 0 Å². The summed E-state index contributed by atoms with van der Waals surface area (Å²) in [6.07, 6.45) is 3.97. The van der Waals surface area contributed by atoms with Gasteiger partial charge in [0.2, 0.25) is 5.91 Å². The Bertz CT molecular complexity index is 448. The first-order valence-electron chi connectivity index (χ1n) is 7.98. The van der Waals surface area contributed by atoms with E-state index in [2.05, 4.69) is 29.7 Å². The number of rotatable bonds is 8. The van der Waals surface area contributed by atoms with Gasteiger partial charge in [0, 0.05) is 32.0 Å². The highest BCUT2D eigenvalue weighted by Gasteiger charge is 2.23. The van der Waals surface area contributed by atoms with Crippen LogP contribution in [0.25, 0.3) is 0 Å². The molecule has 0 aromatic heterocycles. The van der Waals surface area contributed by atoms with E-state index in [0.29, 0.717) is 6.54 Å². The maximum Gasteiger partial charge on any atom is 0.225 e. The van der Waals surface area contributed by atoms with E-state index in [4.69, 9.17) is 4.74 Å². The monoisotopic (exact) mass is 290 g/mol. The first-order chi connectivity index (χ1) is 10.3. The average Bonchev–Trinajstić information content (AvgIpc) is 2.53. The van der Waals surface area contributed by atoms with Gasteiger partial charge >= 0.3 is 0 Å². The Kier molecular flexibility index (Phi) is 6.54. The molecule has 1 aromatic carbocycles. The number of carbonyl (C=O) groups is 1. The molecule has 2 rings (SSSR count). The van der Waals surface area contributed by atoms with Crippen LogP contribution in [0.5, 0.6) is 0 Å². The molecule has 2 N–H and O–H groups in total. The molecule has 0 radical (unpaired) electrons. The Labute approximate surface area is 127 Å². The topological polar surface area (TPSA) is 50.4 Å². The molecule has 1 atom stereocenters. The van der Waals surface area contributed by atoms with Crippen LogP contribution >= 0.6 is 0 Å². The minimum Gasteiger partial charge on any atom is -0.384 e. The minimum absolute atomic E-state index is 0.0286. The highest BCUT2D eigenvalue weighted by atomic mass is 16.5. The van der Waals surface area contributed by atoms with Gasteiger partial charge in [-0.15, -0.1) is 0 Å². The van der Waals surface area contributed by atoms with Crippen molar-refractivity contribution in [3.05, 3.63) is 29.8 Å². The summed E-state index contributed by atoms with van der Waals surface area (Å²) in [7, 11) is 0. The minimum atomic E-state index is 0.0286. The number of ether oxygens (including phenoxy) is 1. The van der Waals surface area contributed by atoms with E-state index in [9.17, 15) is 4.79 Å². The van der Waals surface area contributed by atoms with Gasteiger partial charge in [0.15, 0.2) is 0 Å². The van der Waals surface area contributed by atoms with Crippen LogP contribution in [0.1, 0.15) is 31.7 Å². The highest BCUT2D eigenvalue weighted by molar-refractivity contribution is 5.80. The summed E-state index contributed by atoms with van der Waals surface area (Å²) in [5.74, 6) is 0.173. The third kappa shape index (κ3) is 5.05. The van der Waals surface area contributed by atoms with Crippen molar-refractivity contribution in [2.24, 2.45) is 5.92 Å². The van der Waals surface area contributed by atoms with Crippen LogP contribution in [0.4, 0.5) is 5.69 Å². The number of unbranched alkanes of at least 4 members (excludes halogenated alkanes) is 1. The molecule has 0 saturated heterocycles. The fourth-order valence-electron chi connectivity index (χ4n) is 2.51. The molecule has 4 nitrogen and oxygen atoms in total. The molecule has 0 aliphatic carbocycles. The molecule has 1 amide bonds. The second-order valence-electron chi connectivity index (χ2n) is 5.55. The summed E-state index contributed by atoms with van der Waals surface area (Å²) in [4.78, 5) is 12.2. The normalized spacial score (nSPS) is 16.9. The Morgan fingerprint density at radius 2 is 2.14 bits per heavy atom. The van der Waals surface area contributed by atoms with Crippen LogP contribution < -0.4 is 10.6 Å². The maximum atomic E-state index is 12.2. The molecule has 4 heteroatoms. The molecule has 0 fully saturated rings. The number of para-hydroxylation sites is 1. The average molecular weight is 290 g/mol. The number of benzene rings is 1. The summed E-state index contributed by atoms with van der Waals surface area (Å²) < 4.78 is 5.48. The maximum absolute atomic E-state index is 12.2. The Morgan fingerprint density at radius 1 is 1.33 bits per heavy atom. The summed E-state index contributed by atoms with van der Waals surface area (Å²) in [5, 5.41) is 6.35. The molecule has 21 heavy (non-hydrogen) atoms.